The molecule has 13 heavy (non-hydrogen) atoms. The molecule has 0 aromatic rings. The van der Waals surface area contributed by atoms with Crippen LogP contribution in [0.15, 0.2) is 0 Å². The van der Waals surface area contributed by atoms with Gasteiger partial charge >= 0.3 is 0 Å². The van der Waals surface area contributed by atoms with Crippen LogP contribution in [0.4, 0.5) is 0 Å². The Morgan fingerprint density at radius 3 is 1.92 bits per heavy atom. The molecule has 0 N–H and O–H groups in total. The maximum absolute atomic E-state index is 5.38. The first-order valence-electron chi connectivity index (χ1n) is 5.18. The first-order valence-corrected chi connectivity index (χ1v) is 5.81. The van der Waals surface area contributed by atoms with Gasteiger partial charge in [-0.1, -0.05) is 6.92 Å². The minimum Gasteiger partial charge on any atom is -0.381 e. The van der Waals surface area contributed by atoms with E-state index in [0.29, 0.717) is 0 Å². The molecule has 0 aliphatic heterocycles. The van der Waals surface area contributed by atoms with Crippen molar-refractivity contribution in [2.75, 3.05) is 32.2 Å². The smallest absolute Gasteiger partial charge is 0.0473 e. The highest BCUT2D eigenvalue weighted by molar-refractivity contribution is 7.80. The number of thiol groups is 1. The summed E-state index contributed by atoms with van der Waals surface area (Å²) in [7, 11) is 0. The Morgan fingerprint density at radius 1 is 0.846 bits per heavy atom. The summed E-state index contributed by atoms with van der Waals surface area (Å²) in [6.45, 7) is 5.60. The average Bonchev–Trinajstić information content (AvgIpc) is 2.16. The van der Waals surface area contributed by atoms with Crippen LogP contribution >= 0.6 is 12.6 Å². The van der Waals surface area contributed by atoms with E-state index in [9.17, 15) is 0 Å². The van der Waals surface area contributed by atoms with E-state index in [1.54, 1.807) is 0 Å². The van der Waals surface area contributed by atoms with Gasteiger partial charge in [0.1, 0.15) is 0 Å². The number of hydrogen-bond donors (Lipinski definition) is 1. The molecule has 3 heteroatoms. The fourth-order valence-corrected chi connectivity index (χ4v) is 1.05. The summed E-state index contributed by atoms with van der Waals surface area (Å²) < 4.78 is 10.7. The van der Waals surface area contributed by atoms with Gasteiger partial charge in [0.15, 0.2) is 0 Å². The summed E-state index contributed by atoms with van der Waals surface area (Å²) in [4.78, 5) is 0. The molecule has 0 aromatic heterocycles. The monoisotopic (exact) mass is 206 g/mol. The normalized spacial score (nSPS) is 10.6. The van der Waals surface area contributed by atoms with Gasteiger partial charge in [0, 0.05) is 26.4 Å². The van der Waals surface area contributed by atoms with Crippen molar-refractivity contribution in [3.05, 3.63) is 0 Å². The van der Waals surface area contributed by atoms with Crippen molar-refractivity contribution in [3.8, 4) is 0 Å². The first-order chi connectivity index (χ1) is 6.41. The zero-order valence-corrected chi connectivity index (χ0v) is 9.52. The molecule has 2 nitrogen and oxygen atoms in total. The second kappa shape index (κ2) is 12.3. The van der Waals surface area contributed by atoms with E-state index in [1.165, 1.54) is 0 Å². The molecule has 0 saturated carbocycles. The summed E-state index contributed by atoms with van der Waals surface area (Å²) >= 11 is 4.10. The van der Waals surface area contributed by atoms with Gasteiger partial charge in [-0.25, -0.2) is 0 Å². The largest absolute Gasteiger partial charge is 0.381 e. The lowest BCUT2D eigenvalue weighted by Crippen LogP contribution is -2.01. The van der Waals surface area contributed by atoms with E-state index in [1.807, 2.05) is 0 Å². The van der Waals surface area contributed by atoms with Gasteiger partial charge in [-0.15, -0.1) is 0 Å². The Labute approximate surface area is 87.4 Å². The van der Waals surface area contributed by atoms with Crippen molar-refractivity contribution in [1.82, 2.24) is 0 Å². The van der Waals surface area contributed by atoms with Crippen molar-refractivity contribution >= 4 is 12.6 Å². The minimum atomic E-state index is 0.847. The molecular formula is C10H22O2S. The van der Waals surface area contributed by atoms with Crippen LogP contribution < -0.4 is 0 Å². The van der Waals surface area contributed by atoms with E-state index in [2.05, 4.69) is 19.6 Å². The number of rotatable bonds is 10. The maximum atomic E-state index is 5.38. The molecule has 0 aliphatic carbocycles. The van der Waals surface area contributed by atoms with Gasteiger partial charge in [0.2, 0.25) is 0 Å². The van der Waals surface area contributed by atoms with Gasteiger partial charge in [-0.2, -0.15) is 12.6 Å². The van der Waals surface area contributed by atoms with Gasteiger partial charge in [-0.05, 0) is 31.4 Å². The lowest BCUT2D eigenvalue weighted by atomic mass is 10.3. The fourth-order valence-electron chi connectivity index (χ4n) is 0.923. The average molecular weight is 206 g/mol. The predicted molar refractivity (Wildman–Crippen MR) is 59.6 cm³/mol. The third-order valence-corrected chi connectivity index (χ3v) is 1.94. The van der Waals surface area contributed by atoms with E-state index in [0.717, 1.165) is 57.9 Å². The van der Waals surface area contributed by atoms with E-state index in [-0.39, 0.29) is 0 Å². The summed E-state index contributed by atoms with van der Waals surface area (Å²) in [6, 6.07) is 0. The Morgan fingerprint density at radius 2 is 1.38 bits per heavy atom. The van der Waals surface area contributed by atoms with Crippen molar-refractivity contribution in [2.45, 2.75) is 32.6 Å². The second-order valence-electron chi connectivity index (χ2n) is 3.01. The third-order valence-electron chi connectivity index (χ3n) is 1.62. The fraction of sp³-hybridized carbons (Fsp3) is 1.00. The molecule has 0 unspecified atom stereocenters. The molecule has 0 bridgehead atoms. The third kappa shape index (κ3) is 12.3. The molecule has 0 saturated heterocycles. The summed E-state index contributed by atoms with van der Waals surface area (Å²) in [5.74, 6) is 0.916. The van der Waals surface area contributed by atoms with Crippen LogP contribution in [0.3, 0.4) is 0 Å². The lowest BCUT2D eigenvalue weighted by molar-refractivity contribution is 0.104. The molecule has 0 atom stereocenters. The van der Waals surface area contributed by atoms with Crippen molar-refractivity contribution in [3.63, 3.8) is 0 Å². The maximum Gasteiger partial charge on any atom is 0.0473 e. The van der Waals surface area contributed by atoms with Crippen LogP contribution in [0.5, 0.6) is 0 Å². The second-order valence-corrected chi connectivity index (χ2v) is 3.46. The highest BCUT2D eigenvalue weighted by atomic mass is 32.1. The highest BCUT2D eigenvalue weighted by Gasteiger charge is 1.90. The molecule has 0 heterocycles. The quantitative estimate of drug-likeness (QED) is 0.437. The summed E-state index contributed by atoms with van der Waals surface area (Å²) in [5, 5.41) is 0. The Hall–Kier alpha value is 0.270. The molecule has 0 rings (SSSR count). The van der Waals surface area contributed by atoms with Crippen molar-refractivity contribution in [2.24, 2.45) is 0 Å². The van der Waals surface area contributed by atoms with Crippen LogP contribution in [0.2, 0.25) is 0 Å². The Bertz CT molecular complexity index is 79.0. The zero-order chi connectivity index (χ0) is 9.78. The summed E-state index contributed by atoms with van der Waals surface area (Å²) in [6.07, 6.45) is 4.38. The molecule has 0 aromatic carbocycles. The van der Waals surface area contributed by atoms with Crippen molar-refractivity contribution in [1.29, 1.82) is 0 Å². The molecule has 0 spiro atoms. The number of ether oxygens (including phenoxy) is 2. The first kappa shape index (κ1) is 13.3. The number of unbranched alkanes of at least 4 members (excludes halogenated alkanes) is 1. The molecule has 80 valence electrons. The van der Waals surface area contributed by atoms with Crippen LogP contribution in [-0.2, 0) is 9.47 Å². The van der Waals surface area contributed by atoms with E-state index >= 15 is 0 Å². The van der Waals surface area contributed by atoms with E-state index < -0.39 is 0 Å². The lowest BCUT2D eigenvalue weighted by Gasteiger charge is -2.03. The van der Waals surface area contributed by atoms with Gasteiger partial charge in [0.05, 0.1) is 0 Å². The van der Waals surface area contributed by atoms with Crippen LogP contribution in [0.25, 0.3) is 0 Å². The summed E-state index contributed by atoms with van der Waals surface area (Å²) in [5.41, 5.74) is 0. The zero-order valence-electron chi connectivity index (χ0n) is 8.63. The molecule has 0 amide bonds. The number of hydrogen-bond acceptors (Lipinski definition) is 3. The van der Waals surface area contributed by atoms with Crippen molar-refractivity contribution < 1.29 is 9.47 Å². The van der Waals surface area contributed by atoms with Gasteiger partial charge in [0.25, 0.3) is 0 Å². The van der Waals surface area contributed by atoms with Gasteiger partial charge < -0.3 is 9.47 Å². The Kier molecular flexibility index (Phi) is 12.5. The van der Waals surface area contributed by atoms with Crippen LogP contribution in [0.1, 0.15) is 32.6 Å². The minimum absolute atomic E-state index is 0.847. The Balaban J connectivity index is 2.76. The van der Waals surface area contributed by atoms with E-state index in [4.69, 9.17) is 9.47 Å². The van der Waals surface area contributed by atoms with Crippen LogP contribution in [0, 0.1) is 0 Å². The molecular weight excluding hydrogens is 184 g/mol. The van der Waals surface area contributed by atoms with Gasteiger partial charge in [-0.3, -0.25) is 0 Å². The molecule has 0 aliphatic rings. The standard InChI is InChI=1S/C10H22O2S/c1-2-6-11-7-3-4-8-12-9-5-10-13/h13H,2-10H2,1H3. The molecule has 0 radical (unpaired) electrons. The highest BCUT2D eigenvalue weighted by Crippen LogP contribution is 1.93. The predicted octanol–water partition coefficient (Wildman–Crippen LogP) is 2.53. The molecule has 0 fully saturated rings. The SMILES string of the molecule is CCCOCCCCOCCCS. The topological polar surface area (TPSA) is 18.5 Å². The van der Waals surface area contributed by atoms with Crippen LogP contribution in [-0.4, -0.2) is 32.2 Å².